The summed E-state index contributed by atoms with van der Waals surface area (Å²) >= 11 is 0. The first-order valence-electron chi connectivity index (χ1n) is 11.0. The average molecular weight is 475 g/mol. The van der Waals surface area contributed by atoms with Crippen molar-refractivity contribution in [1.29, 1.82) is 0 Å². The van der Waals surface area contributed by atoms with Gasteiger partial charge in [0, 0.05) is 25.7 Å². The number of fused-ring (bicyclic) bond motifs is 1. The third kappa shape index (κ3) is 5.29. The van der Waals surface area contributed by atoms with Gasteiger partial charge >= 0.3 is 6.18 Å². The van der Waals surface area contributed by atoms with Gasteiger partial charge in [-0.1, -0.05) is 12.1 Å². The van der Waals surface area contributed by atoms with Gasteiger partial charge in [0.15, 0.2) is 0 Å². The summed E-state index contributed by atoms with van der Waals surface area (Å²) in [5.41, 5.74) is 0.842. The van der Waals surface area contributed by atoms with Crippen LogP contribution in [0.2, 0.25) is 0 Å². The summed E-state index contributed by atoms with van der Waals surface area (Å²) in [5, 5.41) is 6.77. The average Bonchev–Trinajstić information content (AvgIpc) is 3.50. The number of halogens is 3. The molecule has 2 aliphatic rings. The maximum absolute atomic E-state index is 12.8. The van der Waals surface area contributed by atoms with E-state index in [1.165, 1.54) is 18.2 Å². The minimum atomic E-state index is -4.42. The van der Waals surface area contributed by atoms with Gasteiger partial charge in [0.2, 0.25) is 11.8 Å². The molecule has 3 amide bonds. The normalized spacial score (nSPS) is 16.1. The summed E-state index contributed by atoms with van der Waals surface area (Å²) < 4.78 is 39.6. The zero-order chi connectivity index (χ0) is 24.3. The highest BCUT2D eigenvalue weighted by atomic mass is 19.4. The molecule has 0 aliphatic carbocycles. The molecule has 1 N–H and O–H groups in total. The maximum Gasteiger partial charge on any atom is 0.416 e. The number of hydrogen-bond acceptors (Lipinski definition) is 4. The molecule has 0 unspecified atom stereocenters. The molecule has 2 aliphatic heterocycles. The van der Waals surface area contributed by atoms with E-state index in [2.05, 4.69) is 10.4 Å². The summed E-state index contributed by atoms with van der Waals surface area (Å²) in [4.78, 5) is 40.8. The largest absolute Gasteiger partial charge is 0.416 e. The SMILES string of the molecule is O=C(/C=C/c1ccc(C(F)(F)F)cc1)NCC(=O)N1CCn2ncc(C(=O)N3CCCC3)c2C1. The van der Waals surface area contributed by atoms with Crippen LogP contribution in [0.25, 0.3) is 6.08 Å². The molecule has 0 atom stereocenters. The molecule has 1 aromatic heterocycles. The van der Waals surface area contributed by atoms with Crippen molar-refractivity contribution in [1.82, 2.24) is 24.9 Å². The Balaban J connectivity index is 1.30. The summed E-state index contributed by atoms with van der Waals surface area (Å²) in [6, 6.07) is 4.39. The first-order valence-corrected chi connectivity index (χ1v) is 11.0. The third-order valence-electron chi connectivity index (χ3n) is 5.93. The first-order chi connectivity index (χ1) is 16.2. The van der Waals surface area contributed by atoms with Crippen molar-refractivity contribution in [2.75, 3.05) is 26.2 Å². The van der Waals surface area contributed by atoms with Gasteiger partial charge in [-0.05, 0) is 36.6 Å². The van der Waals surface area contributed by atoms with Gasteiger partial charge in [-0.25, -0.2) is 0 Å². The number of hydrogen-bond donors (Lipinski definition) is 1. The highest BCUT2D eigenvalue weighted by Crippen LogP contribution is 2.29. The van der Waals surface area contributed by atoms with Gasteiger partial charge < -0.3 is 15.1 Å². The number of carbonyl (C=O) groups is 3. The van der Waals surface area contributed by atoms with Crippen LogP contribution in [0, 0.1) is 0 Å². The molecule has 1 fully saturated rings. The van der Waals surface area contributed by atoms with Crippen molar-refractivity contribution in [2.24, 2.45) is 0 Å². The van der Waals surface area contributed by atoms with Gasteiger partial charge in [0.25, 0.3) is 5.91 Å². The van der Waals surface area contributed by atoms with Crippen LogP contribution in [-0.4, -0.2) is 63.5 Å². The molecule has 180 valence electrons. The Morgan fingerprint density at radius 1 is 1.00 bits per heavy atom. The number of amides is 3. The number of nitrogens with one attached hydrogen (secondary N) is 1. The zero-order valence-corrected chi connectivity index (χ0v) is 18.3. The highest BCUT2D eigenvalue weighted by Gasteiger charge is 2.30. The van der Waals surface area contributed by atoms with Crippen molar-refractivity contribution in [3.8, 4) is 0 Å². The summed E-state index contributed by atoms with van der Waals surface area (Å²) in [6.07, 6.45) is 1.62. The number of likely N-dealkylation sites (tertiary alicyclic amines) is 1. The number of rotatable bonds is 5. The van der Waals surface area contributed by atoms with Gasteiger partial charge in [-0.2, -0.15) is 18.3 Å². The quantitative estimate of drug-likeness (QED) is 0.673. The van der Waals surface area contributed by atoms with Crippen molar-refractivity contribution in [3.63, 3.8) is 0 Å². The van der Waals surface area contributed by atoms with Crippen molar-refractivity contribution >= 4 is 23.8 Å². The maximum atomic E-state index is 12.8. The molecule has 3 heterocycles. The Labute approximate surface area is 194 Å². The van der Waals surface area contributed by atoms with Crippen LogP contribution in [0.3, 0.4) is 0 Å². The van der Waals surface area contributed by atoms with Crippen LogP contribution < -0.4 is 5.32 Å². The number of aromatic nitrogens is 2. The molecule has 4 rings (SSSR count). The second kappa shape index (κ2) is 9.70. The number of carbonyl (C=O) groups excluding carboxylic acids is 3. The summed E-state index contributed by atoms with van der Waals surface area (Å²) in [5.74, 6) is -0.918. The minimum absolute atomic E-state index is 0.0743. The lowest BCUT2D eigenvalue weighted by Gasteiger charge is -2.28. The molecule has 8 nitrogen and oxygen atoms in total. The predicted molar refractivity (Wildman–Crippen MR) is 116 cm³/mol. The van der Waals surface area contributed by atoms with Crippen LogP contribution in [0.15, 0.2) is 36.5 Å². The molecule has 0 saturated carbocycles. The lowest BCUT2D eigenvalue weighted by atomic mass is 10.1. The fourth-order valence-electron chi connectivity index (χ4n) is 4.02. The van der Waals surface area contributed by atoms with E-state index in [1.54, 1.807) is 20.7 Å². The Morgan fingerprint density at radius 3 is 2.38 bits per heavy atom. The Kier molecular flexibility index (Phi) is 6.71. The van der Waals surface area contributed by atoms with Crippen molar-refractivity contribution < 1.29 is 27.6 Å². The van der Waals surface area contributed by atoms with Crippen LogP contribution in [0.5, 0.6) is 0 Å². The number of alkyl halides is 3. The van der Waals surface area contributed by atoms with Gasteiger partial charge in [0.05, 0.1) is 42.7 Å². The van der Waals surface area contributed by atoms with Crippen LogP contribution in [0.4, 0.5) is 13.2 Å². The third-order valence-corrected chi connectivity index (χ3v) is 5.93. The van der Waals surface area contributed by atoms with E-state index in [0.717, 1.165) is 44.1 Å². The van der Waals surface area contributed by atoms with Gasteiger partial charge in [0.1, 0.15) is 0 Å². The van der Waals surface area contributed by atoms with Crippen molar-refractivity contribution in [3.05, 3.63) is 58.9 Å². The van der Waals surface area contributed by atoms with Gasteiger partial charge in [-0.15, -0.1) is 0 Å². The van der Waals surface area contributed by atoms with E-state index in [9.17, 15) is 27.6 Å². The Morgan fingerprint density at radius 2 is 1.71 bits per heavy atom. The molecular weight excluding hydrogens is 451 g/mol. The lowest BCUT2D eigenvalue weighted by Crippen LogP contribution is -2.44. The van der Waals surface area contributed by atoms with Crippen LogP contribution in [0.1, 0.15) is 40.0 Å². The standard InChI is InChI=1S/C23H24F3N5O3/c24-23(25,26)17-6-3-16(4-7-17)5-8-20(32)27-14-21(33)30-11-12-31-19(15-30)18(13-28-31)22(34)29-9-1-2-10-29/h3-8,13H,1-2,9-12,14-15H2,(H,27,32)/b8-5+. The van der Waals surface area contributed by atoms with E-state index in [-0.39, 0.29) is 24.9 Å². The molecule has 34 heavy (non-hydrogen) atoms. The smallest absolute Gasteiger partial charge is 0.343 e. The topological polar surface area (TPSA) is 87.5 Å². The molecular formula is C23H24F3N5O3. The highest BCUT2D eigenvalue weighted by molar-refractivity contribution is 5.96. The molecule has 0 spiro atoms. The Hall–Kier alpha value is -3.63. The van der Waals surface area contributed by atoms with E-state index in [0.29, 0.717) is 29.9 Å². The fraction of sp³-hybridized carbons (Fsp3) is 0.391. The molecule has 0 radical (unpaired) electrons. The Bertz CT molecular complexity index is 1100. The van der Waals surface area contributed by atoms with Gasteiger partial charge in [-0.3, -0.25) is 19.1 Å². The van der Waals surface area contributed by atoms with E-state index in [1.807, 2.05) is 0 Å². The predicted octanol–water partition coefficient (Wildman–Crippen LogP) is 2.31. The molecule has 2 aromatic rings. The monoisotopic (exact) mass is 475 g/mol. The molecule has 0 bridgehead atoms. The van der Waals surface area contributed by atoms with E-state index in [4.69, 9.17) is 0 Å². The fourth-order valence-corrected chi connectivity index (χ4v) is 4.02. The van der Waals surface area contributed by atoms with Crippen LogP contribution in [-0.2, 0) is 28.9 Å². The summed E-state index contributed by atoms with van der Waals surface area (Å²) in [7, 11) is 0. The number of nitrogens with zero attached hydrogens (tertiary/aromatic N) is 4. The lowest BCUT2D eigenvalue weighted by molar-refractivity contribution is -0.137. The molecule has 1 aromatic carbocycles. The molecule has 11 heteroatoms. The summed E-state index contributed by atoms with van der Waals surface area (Å²) in [6.45, 7) is 2.29. The number of benzene rings is 1. The first kappa shape index (κ1) is 23.5. The second-order valence-corrected chi connectivity index (χ2v) is 8.21. The molecule has 1 saturated heterocycles. The van der Waals surface area contributed by atoms with E-state index < -0.39 is 17.6 Å². The minimum Gasteiger partial charge on any atom is -0.343 e. The second-order valence-electron chi connectivity index (χ2n) is 8.21. The van der Waals surface area contributed by atoms with Crippen LogP contribution >= 0.6 is 0 Å². The zero-order valence-electron chi connectivity index (χ0n) is 18.3. The van der Waals surface area contributed by atoms with Crippen molar-refractivity contribution in [2.45, 2.75) is 32.1 Å². The van der Waals surface area contributed by atoms with E-state index >= 15 is 0 Å².